The van der Waals surface area contributed by atoms with E-state index in [1.807, 2.05) is 0 Å². The van der Waals surface area contributed by atoms with Crippen molar-refractivity contribution in [1.29, 1.82) is 0 Å². The summed E-state index contributed by atoms with van der Waals surface area (Å²) in [6.45, 7) is 1.70. The zero-order chi connectivity index (χ0) is 13.5. The molecule has 19 heavy (non-hydrogen) atoms. The number of hydrogen-bond acceptors (Lipinski definition) is 5. The summed E-state index contributed by atoms with van der Waals surface area (Å²) < 4.78 is 27.5. The summed E-state index contributed by atoms with van der Waals surface area (Å²) >= 11 is 1.13. The van der Waals surface area contributed by atoms with E-state index in [1.165, 1.54) is 12.8 Å². The number of sulfonamides is 1. The third-order valence-electron chi connectivity index (χ3n) is 3.66. The number of rotatable bonds is 5. The van der Waals surface area contributed by atoms with Crippen molar-refractivity contribution in [2.75, 3.05) is 13.1 Å². The lowest BCUT2D eigenvalue weighted by Crippen LogP contribution is -2.37. The highest BCUT2D eigenvalue weighted by atomic mass is 32.2. The number of nitrogens with one attached hydrogen (secondary N) is 1. The SMILES string of the molecule is O=S(=O)(NC1CCN(C2CC2)C1)c1ccc(CO)s1. The Hall–Kier alpha value is -0.470. The molecule has 0 radical (unpaired) electrons. The van der Waals surface area contributed by atoms with Crippen molar-refractivity contribution in [1.82, 2.24) is 9.62 Å². The van der Waals surface area contributed by atoms with Crippen molar-refractivity contribution in [2.45, 2.75) is 42.2 Å². The summed E-state index contributed by atoms with van der Waals surface area (Å²) in [5, 5.41) is 8.99. The third-order valence-corrected chi connectivity index (χ3v) is 6.74. The predicted octanol–water partition coefficient (Wildman–Crippen LogP) is 0.755. The Bertz CT molecular complexity index is 551. The van der Waals surface area contributed by atoms with Crippen LogP contribution in [0.4, 0.5) is 0 Å². The van der Waals surface area contributed by atoms with Crippen LogP contribution in [0.2, 0.25) is 0 Å². The van der Waals surface area contributed by atoms with E-state index < -0.39 is 10.0 Å². The first kappa shape index (κ1) is 13.5. The summed E-state index contributed by atoms with van der Waals surface area (Å²) in [6.07, 6.45) is 3.39. The first-order chi connectivity index (χ1) is 9.08. The van der Waals surface area contributed by atoms with E-state index >= 15 is 0 Å². The molecule has 3 rings (SSSR count). The molecule has 0 bridgehead atoms. The van der Waals surface area contributed by atoms with Gasteiger partial charge in [0.15, 0.2) is 0 Å². The molecule has 0 aromatic carbocycles. The van der Waals surface area contributed by atoms with Gasteiger partial charge in [0.05, 0.1) is 6.61 Å². The highest BCUT2D eigenvalue weighted by Crippen LogP contribution is 2.30. The molecule has 0 spiro atoms. The fraction of sp³-hybridized carbons (Fsp3) is 0.667. The van der Waals surface area contributed by atoms with Crippen molar-refractivity contribution in [3.63, 3.8) is 0 Å². The van der Waals surface area contributed by atoms with Crippen molar-refractivity contribution in [3.05, 3.63) is 17.0 Å². The molecule has 1 saturated carbocycles. The molecule has 2 aliphatic rings. The van der Waals surface area contributed by atoms with Gasteiger partial charge in [-0.2, -0.15) is 0 Å². The third kappa shape index (κ3) is 3.00. The van der Waals surface area contributed by atoms with Gasteiger partial charge in [0.1, 0.15) is 4.21 Å². The number of hydrogen-bond donors (Lipinski definition) is 2. The van der Waals surface area contributed by atoms with Gasteiger partial charge in [-0.05, 0) is 31.4 Å². The number of thiophene rings is 1. The van der Waals surface area contributed by atoms with Gasteiger partial charge in [-0.25, -0.2) is 13.1 Å². The van der Waals surface area contributed by atoms with E-state index in [0.29, 0.717) is 15.1 Å². The van der Waals surface area contributed by atoms with Gasteiger partial charge in [0.25, 0.3) is 0 Å². The van der Waals surface area contributed by atoms with Crippen LogP contribution in [0.5, 0.6) is 0 Å². The van der Waals surface area contributed by atoms with Crippen molar-refractivity contribution in [2.24, 2.45) is 0 Å². The number of aliphatic hydroxyl groups is 1. The van der Waals surface area contributed by atoms with Crippen molar-refractivity contribution >= 4 is 21.4 Å². The molecule has 1 aliphatic carbocycles. The highest BCUT2D eigenvalue weighted by molar-refractivity contribution is 7.91. The monoisotopic (exact) mass is 302 g/mol. The van der Waals surface area contributed by atoms with Gasteiger partial charge in [-0.3, -0.25) is 4.90 Å². The molecule has 5 nitrogen and oxygen atoms in total. The van der Waals surface area contributed by atoms with Crippen LogP contribution in [0.1, 0.15) is 24.1 Å². The Balaban J connectivity index is 1.64. The lowest BCUT2D eigenvalue weighted by Gasteiger charge is -2.15. The van der Waals surface area contributed by atoms with Crippen LogP contribution in [-0.2, 0) is 16.6 Å². The second-order valence-corrected chi connectivity index (χ2v) is 8.32. The first-order valence-electron chi connectivity index (χ1n) is 6.54. The zero-order valence-electron chi connectivity index (χ0n) is 10.6. The summed E-state index contributed by atoms with van der Waals surface area (Å²) in [4.78, 5) is 3.05. The molecule has 2 N–H and O–H groups in total. The van der Waals surface area contributed by atoms with Crippen LogP contribution in [0, 0.1) is 0 Å². The predicted molar refractivity (Wildman–Crippen MR) is 73.6 cm³/mol. The molecule has 1 aromatic heterocycles. The minimum Gasteiger partial charge on any atom is -0.391 e. The molecule has 1 unspecified atom stereocenters. The molecule has 106 valence electrons. The average Bonchev–Trinajstić information content (AvgIpc) is 2.92. The van der Waals surface area contributed by atoms with Gasteiger partial charge in [0, 0.05) is 30.1 Å². The van der Waals surface area contributed by atoms with Crippen molar-refractivity contribution in [3.8, 4) is 0 Å². The summed E-state index contributed by atoms with van der Waals surface area (Å²) in [6, 6.07) is 3.93. The summed E-state index contributed by atoms with van der Waals surface area (Å²) in [5.41, 5.74) is 0. The van der Waals surface area contributed by atoms with E-state index in [-0.39, 0.29) is 12.6 Å². The van der Waals surface area contributed by atoms with E-state index in [1.54, 1.807) is 12.1 Å². The maximum absolute atomic E-state index is 12.2. The molecule has 2 fully saturated rings. The molecule has 2 heterocycles. The minimum absolute atomic E-state index is 0.0188. The van der Waals surface area contributed by atoms with Gasteiger partial charge in [-0.15, -0.1) is 11.3 Å². The lowest BCUT2D eigenvalue weighted by molar-refractivity contribution is 0.285. The van der Waals surface area contributed by atoms with Gasteiger partial charge in [-0.1, -0.05) is 0 Å². The number of nitrogens with zero attached hydrogens (tertiary/aromatic N) is 1. The number of likely N-dealkylation sites (tertiary alicyclic amines) is 1. The van der Waals surface area contributed by atoms with E-state index in [4.69, 9.17) is 5.11 Å². The Morgan fingerprint density at radius 1 is 1.37 bits per heavy atom. The average molecular weight is 302 g/mol. The van der Waals surface area contributed by atoms with Gasteiger partial charge < -0.3 is 5.11 Å². The number of aliphatic hydroxyl groups excluding tert-OH is 1. The fourth-order valence-electron chi connectivity index (χ4n) is 2.52. The van der Waals surface area contributed by atoms with Crippen molar-refractivity contribution < 1.29 is 13.5 Å². The molecule has 1 aliphatic heterocycles. The molecular formula is C12H18N2O3S2. The van der Waals surface area contributed by atoms with Crippen LogP contribution >= 0.6 is 11.3 Å². The molecule has 1 aromatic rings. The maximum atomic E-state index is 12.2. The Labute approximate surface area is 117 Å². The molecule has 1 atom stereocenters. The fourth-order valence-corrected chi connectivity index (χ4v) is 5.01. The molecule has 7 heteroatoms. The standard InChI is InChI=1S/C12H18N2O3S2/c15-8-11-3-4-12(18-11)19(16,17)13-9-5-6-14(7-9)10-1-2-10/h3-4,9-10,13,15H,1-2,5-8H2. The normalized spacial score (nSPS) is 25.0. The van der Waals surface area contributed by atoms with E-state index in [2.05, 4.69) is 9.62 Å². The topological polar surface area (TPSA) is 69.6 Å². The maximum Gasteiger partial charge on any atom is 0.250 e. The molecule has 1 saturated heterocycles. The Morgan fingerprint density at radius 2 is 2.16 bits per heavy atom. The van der Waals surface area contributed by atoms with Gasteiger partial charge in [0.2, 0.25) is 10.0 Å². The van der Waals surface area contributed by atoms with Gasteiger partial charge >= 0.3 is 0 Å². The summed E-state index contributed by atoms with van der Waals surface area (Å²) in [5.74, 6) is 0. The Kier molecular flexibility index (Phi) is 3.65. The smallest absolute Gasteiger partial charge is 0.250 e. The first-order valence-corrected chi connectivity index (χ1v) is 8.84. The highest BCUT2D eigenvalue weighted by Gasteiger charge is 2.35. The van der Waals surface area contributed by atoms with Crippen LogP contribution < -0.4 is 4.72 Å². The Morgan fingerprint density at radius 3 is 2.79 bits per heavy atom. The largest absolute Gasteiger partial charge is 0.391 e. The van der Waals surface area contributed by atoms with Crippen LogP contribution in [-0.4, -0.2) is 43.6 Å². The lowest BCUT2D eigenvalue weighted by atomic mass is 10.3. The van der Waals surface area contributed by atoms with Crippen LogP contribution in [0.15, 0.2) is 16.3 Å². The quantitative estimate of drug-likeness (QED) is 0.842. The van der Waals surface area contributed by atoms with Crippen LogP contribution in [0.25, 0.3) is 0 Å². The second kappa shape index (κ2) is 5.14. The summed E-state index contributed by atoms with van der Waals surface area (Å²) in [7, 11) is -3.43. The van der Waals surface area contributed by atoms with E-state index in [9.17, 15) is 8.42 Å². The van der Waals surface area contributed by atoms with E-state index in [0.717, 1.165) is 30.8 Å². The second-order valence-electron chi connectivity index (χ2n) is 5.21. The molecule has 0 amide bonds. The molecular weight excluding hydrogens is 284 g/mol. The zero-order valence-corrected chi connectivity index (χ0v) is 12.2. The minimum atomic E-state index is -3.43. The van der Waals surface area contributed by atoms with Crippen LogP contribution in [0.3, 0.4) is 0 Å².